The van der Waals surface area contributed by atoms with Crippen molar-refractivity contribution in [1.82, 2.24) is 14.9 Å². The lowest BCUT2D eigenvalue weighted by Gasteiger charge is -2.17. The lowest BCUT2D eigenvalue weighted by atomic mass is 10.1. The molecule has 1 amide bonds. The van der Waals surface area contributed by atoms with Crippen molar-refractivity contribution in [2.45, 2.75) is 33.4 Å². The van der Waals surface area contributed by atoms with Crippen molar-refractivity contribution in [1.29, 1.82) is 0 Å². The Kier molecular flexibility index (Phi) is 5.68. The standard InChI is InChI=1S/C17H21N3O4/c1-11(2)12(3)19-15(21)9-24-16(22)8-20-10-18-14-7-5-4-6-13(14)17(20)23/h4-7,10-12H,8-9H2,1-3H3,(H,19,21)/t12-/m0/s1. The molecule has 0 radical (unpaired) electrons. The number of aromatic nitrogens is 2. The molecule has 0 aliphatic heterocycles. The molecule has 2 aromatic rings. The lowest BCUT2D eigenvalue weighted by molar-refractivity contribution is -0.149. The molecule has 1 N–H and O–H groups in total. The summed E-state index contributed by atoms with van der Waals surface area (Å²) < 4.78 is 6.08. The van der Waals surface area contributed by atoms with E-state index in [0.717, 1.165) is 0 Å². The van der Waals surface area contributed by atoms with Gasteiger partial charge in [-0.3, -0.25) is 19.0 Å². The molecular weight excluding hydrogens is 310 g/mol. The lowest BCUT2D eigenvalue weighted by Crippen LogP contribution is -2.39. The van der Waals surface area contributed by atoms with E-state index in [-0.39, 0.29) is 36.6 Å². The number of esters is 1. The van der Waals surface area contributed by atoms with Gasteiger partial charge in [-0.25, -0.2) is 4.98 Å². The summed E-state index contributed by atoms with van der Waals surface area (Å²) in [6, 6.07) is 6.87. The zero-order valence-corrected chi connectivity index (χ0v) is 14.0. The van der Waals surface area contributed by atoms with Crippen LogP contribution in [0.3, 0.4) is 0 Å². The fourth-order valence-corrected chi connectivity index (χ4v) is 2.01. The predicted molar refractivity (Wildman–Crippen MR) is 89.4 cm³/mol. The van der Waals surface area contributed by atoms with Crippen LogP contribution in [-0.2, 0) is 20.9 Å². The van der Waals surface area contributed by atoms with Gasteiger partial charge in [0.05, 0.1) is 17.2 Å². The normalized spacial score (nSPS) is 12.2. The average Bonchev–Trinajstić information content (AvgIpc) is 2.55. The van der Waals surface area contributed by atoms with E-state index in [2.05, 4.69) is 10.3 Å². The SMILES string of the molecule is CC(C)[C@H](C)NC(=O)COC(=O)Cn1cnc2ccccc2c1=O. The molecule has 0 aliphatic rings. The van der Waals surface area contributed by atoms with Gasteiger partial charge in [0.15, 0.2) is 6.61 Å². The molecule has 128 valence electrons. The fraction of sp³-hybridized carbons (Fsp3) is 0.412. The van der Waals surface area contributed by atoms with E-state index in [1.54, 1.807) is 24.3 Å². The Bertz CT molecular complexity index is 798. The third-order valence-electron chi connectivity index (χ3n) is 3.78. The van der Waals surface area contributed by atoms with E-state index in [1.165, 1.54) is 10.9 Å². The quantitative estimate of drug-likeness (QED) is 0.801. The van der Waals surface area contributed by atoms with Gasteiger partial charge in [0.1, 0.15) is 6.54 Å². The molecule has 0 bridgehead atoms. The maximum atomic E-state index is 12.3. The molecule has 0 aliphatic carbocycles. The Morgan fingerprint density at radius 3 is 2.67 bits per heavy atom. The molecule has 0 fully saturated rings. The van der Waals surface area contributed by atoms with Crippen molar-refractivity contribution in [2.24, 2.45) is 5.92 Å². The van der Waals surface area contributed by atoms with Gasteiger partial charge in [0.25, 0.3) is 11.5 Å². The summed E-state index contributed by atoms with van der Waals surface area (Å²) >= 11 is 0. The molecule has 24 heavy (non-hydrogen) atoms. The second-order valence-corrected chi connectivity index (χ2v) is 5.96. The number of para-hydroxylation sites is 1. The summed E-state index contributed by atoms with van der Waals surface area (Å²) in [6.07, 6.45) is 1.30. The summed E-state index contributed by atoms with van der Waals surface area (Å²) in [5, 5.41) is 3.16. The minimum atomic E-state index is -0.665. The zero-order chi connectivity index (χ0) is 17.7. The third kappa shape index (κ3) is 4.41. The van der Waals surface area contributed by atoms with Crippen molar-refractivity contribution in [3.8, 4) is 0 Å². The van der Waals surface area contributed by atoms with E-state index >= 15 is 0 Å². The molecule has 7 heteroatoms. The van der Waals surface area contributed by atoms with Gasteiger partial charge in [0.2, 0.25) is 0 Å². The van der Waals surface area contributed by atoms with Crippen molar-refractivity contribution < 1.29 is 14.3 Å². The van der Waals surface area contributed by atoms with Gasteiger partial charge in [-0.05, 0) is 25.0 Å². The summed E-state index contributed by atoms with van der Waals surface area (Å²) in [4.78, 5) is 39.9. The minimum absolute atomic E-state index is 0.0106. The van der Waals surface area contributed by atoms with Crippen LogP contribution in [0.4, 0.5) is 0 Å². The van der Waals surface area contributed by atoms with Crippen molar-refractivity contribution in [3.05, 3.63) is 40.9 Å². The number of amides is 1. The molecule has 1 aromatic heterocycles. The van der Waals surface area contributed by atoms with Gasteiger partial charge in [0, 0.05) is 6.04 Å². The number of fused-ring (bicyclic) bond motifs is 1. The first kappa shape index (κ1) is 17.7. The van der Waals surface area contributed by atoms with Gasteiger partial charge in [-0.15, -0.1) is 0 Å². The maximum Gasteiger partial charge on any atom is 0.326 e. The summed E-state index contributed by atoms with van der Waals surface area (Å²) in [5.41, 5.74) is 0.240. The van der Waals surface area contributed by atoms with Crippen LogP contribution in [0.1, 0.15) is 20.8 Å². The van der Waals surface area contributed by atoms with E-state index in [9.17, 15) is 14.4 Å². The number of rotatable bonds is 6. The maximum absolute atomic E-state index is 12.3. The first-order chi connectivity index (χ1) is 11.4. The zero-order valence-electron chi connectivity index (χ0n) is 14.0. The minimum Gasteiger partial charge on any atom is -0.454 e. The topological polar surface area (TPSA) is 90.3 Å². The largest absolute Gasteiger partial charge is 0.454 e. The first-order valence-electron chi connectivity index (χ1n) is 7.77. The molecule has 1 heterocycles. The number of ether oxygens (including phenoxy) is 1. The highest BCUT2D eigenvalue weighted by atomic mass is 16.5. The highest BCUT2D eigenvalue weighted by Gasteiger charge is 2.14. The van der Waals surface area contributed by atoms with Crippen LogP contribution in [0.2, 0.25) is 0 Å². The summed E-state index contributed by atoms with van der Waals surface area (Å²) in [7, 11) is 0. The Morgan fingerprint density at radius 1 is 1.25 bits per heavy atom. The molecule has 0 unspecified atom stereocenters. The predicted octanol–water partition coefficient (Wildman–Crippen LogP) is 1.10. The van der Waals surface area contributed by atoms with E-state index in [0.29, 0.717) is 10.9 Å². The smallest absolute Gasteiger partial charge is 0.326 e. The highest BCUT2D eigenvalue weighted by molar-refractivity contribution is 5.81. The number of nitrogens with one attached hydrogen (secondary N) is 1. The molecule has 0 saturated carbocycles. The Labute approximate surface area is 139 Å². The molecule has 0 spiro atoms. The number of carbonyl (C=O) groups excluding carboxylic acids is 2. The van der Waals surface area contributed by atoms with Crippen LogP contribution in [-0.4, -0.2) is 34.1 Å². The second-order valence-electron chi connectivity index (χ2n) is 5.96. The molecule has 1 atom stereocenters. The highest BCUT2D eigenvalue weighted by Crippen LogP contribution is 2.04. The van der Waals surface area contributed by atoms with Crippen molar-refractivity contribution in [2.75, 3.05) is 6.61 Å². The van der Waals surface area contributed by atoms with Gasteiger partial charge in [-0.2, -0.15) is 0 Å². The monoisotopic (exact) mass is 331 g/mol. The van der Waals surface area contributed by atoms with Crippen LogP contribution in [0, 0.1) is 5.92 Å². The van der Waals surface area contributed by atoms with E-state index in [1.807, 2.05) is 20.8 Å². The van der Waals surface area contributed by atoms with Gasteiger partial charge >= 0.3 is 5.97 Å². The van der Waals surface area contributed by atoms with Gasteiger partial charge in [-0.1, -0.05) is 26.0 Å². The molecule has 2 rings (SSSR count). The van der Waals surface area contributed by atoms with Crippen LogP contribution in [0.25, 0.3) is 10.9 Å². The van der Waals surface area contributed by atoms with E-state index in [4.69, 9.17) is 4.74 Å². The molecular formula is C17H21N3O4. The number of hydrogen-bond acceptors (Lipinski definition) is 5. The van der Waals surface area contributed by atoms with Crippen LogP contribution >= 0.6 is 0 Å². The van der Waals surface area contributed by atoms with Crippen LogP contribution in [0.5, 0.6) is 0 Å². The number of benzene rings is 1. The van der Waals surface area contributed by atoms with Crippen LogP contribution in [0.15, 0.2) is 35.4 Å². The Balaban J connectivity index is 1.94. The second kappa shape index (κ2) is 7.72. The van der Waals surface area contributed by atoms with Crippen LogP contribution < -0.4 is 10.9 Å². The number of carbonyl (C=O) groups is 2. The summed E-state index contributed by atoms with van der Waals surface area (Å²) in [6.45, 7) is 5.19. The fourth-order valence-electron chi connectivity index (χ4n) is 2.01. The molecule has 7 nitrogen and oxygen atoms in total. The van der Waals surface area contributed by atoms with Crippen molar-refractivity contribution >= 4 is 22.8 Å². The Morgan fingerprint density at radius 2 is 1.96 bits per heavy atom. The number of nitrogens with zero attached hydrogens (tertiary/aromatic N) is 2. The Hall–Kier alpha value is -2.70. The molecule has 1 aromatic carbocycles. The third-order valence-corrected chi connectivity index (χ3v) is 3.78. The van der Waals surface area contributed by atoms with Gasteiger partial charge < -0.3 is 10.1 Å². The summed E-state index contributed by atoms with van der Waals surface area (Å²) in [5.74, 6) is -0.748. The van der Waals surface area contributed by atoms with Crippen molar-refractivity contribution in [3.63, 3.8) is 0 Å². The average molecular weight is 331 g/mol. The molecule has 0 saturated heterocycles. The first-order valence-corrected chi connectivity index (χ1v) is 7.77. The van der Waals surface area contributed by atoms with E-state index < -0.39 is 5.97 Å². The number of hydrogen-bond donors (Lipinski definition) is 1.